The first kappa shape index (κ1) is 13.0. The molecule has 0 aromatic rings. The van der Waals surface area contributed by atoms with Crippen LogP contribution in [0.3, 0.4) is 0 Å². The molecule has 0 nitrogen and oxygen atoms in total. The molecule has 0 aromatic carbocycles. The monoisotopic (exact) mass is 254 g/mol. The summed E-state index contributed by atoms with van der Waals surface area (Å²) >= 11 is 2.73. The molecule has 0 amide bonds. The third-order valence-electron chi connectivity index (χ3n) is 2.22. The molecule has 1 unspecified atom stereocenters. The molecule has 0 spiro atoms. The van der Waals surface area contributed by atoms with Gasteiger partial charge in [0.05, 0.1) is 0 Å². The molecule has 11 heavy (non-hydrogen) atoms. The van der Waals surface area contributed by atoms with E-state index in [2.05, 4.69) is 15.9 Å². The summed E-state index contributed by atoms with van der Waals surface area (Å²) < 4.78 is 34.9. The summed E-state index contributed by atoms with van der Waals surface area (Å²) in [6.45, 7) is -1.47. The van der Waals surface area contributed by atoms with E-state index in [1.165, 1.54) is 0 Å². The van der Waals surface area contributed by atoms with Gasteiger partial charge in [-0.1, -0.05) is 20.3 Å². The van der Waals surface area contributed by atoms with Crippen LogP contribution in [0, 0.1) is 5.41 Å². The van der Waals surface area contributed by atoms with E-state index in [4.69, 9.17) is 0 Å². The van der Waals surface area contributed by atoms with Crippen LogP contribution in [0.4, 0.5) is 12.9 Å². The molecule has 0 radical (unpaired) electrons. The maximum absolute atomic E-state index is 12.1. The first-order valence-corrected chi connectivity index (χ1v) is 3.88. The average Bonchev–Trinajstić information content (AvgIpc) is 2.05. The largest absolute Gasteiger partial charge is 1.00 e. The van der Waals surface area contributed by atoms with Crippen molar-refractivity contribution in [1.29, 1.82) is 0 Å². The molecule has 0 aliphatic heterocycles. The Bertz CT molecular complexity index is 170. The van der Waals surface area contributed by atoms with Gasteiger partial charge < -0.3 is 12.9 Å². The molecule has 1 rings (SSSR count). The molecule has 0 bridgehead atoms. The van der Waals surface area contributed by atoms with E-state index in [0.717, 1.165) is 0 Å². The van der Waals surface area contributed by atoms with Crippen molar-refractivity contribution >= 4 is 22.9 Å². The van der Waals surface area contributed by atoms with Crippen LogP contribution in [0.5, 0.6) is 0 Å². The van der Waals surface area contributed by atoms with Gasteiger partial charge in [0.25, 0.3) is 0 Å². The third-order valence-corrected chi connectivity index (χ3v) is 4.09. The Labute approximate surface area is 115 Å². The number of hydrogen-bond acceptors (Lipinski definition) is 0. The molecule has 0 N–H and O–H groups in total. The van der Waals surface area contributed by atoms with Crippen molar-refractivity contribution in [1.82, 2.24) is 0 Å². The van der Waals surface area contributed by atoms with E-state index in [1.54, 1.807) is 13.8 Å². The van der Waals surface area contributed by atoms with E-state index in [1.807, 2.05) is 0 Å². The Kier molecular flexibility index (Phi) is 3.86. The quantitative estimate of drug-likeness (QED) is 0.455. The zero-order valence-corrected chi connectivity index (χ0v) is 11.5. The number of hydrogen-bond donors (Lipinski definition) is 0. The topological polar surface area (TPSA) is 0 Å². The van der Waals surface area contributed by atoms with Gasteiger partial charge in [0.2, 0.25) is 0 Å². The van der Waals surface area contributed by atoms with Gasteiger partial charge in [-0.2, -0.15) is 0 Å². The summed E-state index contributed by atoms with van der Waals surface area (Å²) in [5.41, 5.74) is -0.592. The zero-order valence-electron chi connectivity index (χ0n) is 6.80. The van der Waals surface area contributed by atoms with Gasteiger partial charge in [0.1, 0.15) is 0 Å². The van der Waals surface area contributed by atoms with Crippen LogP contribution < -0.4 is 51.4 Å². The van der Waals surface area contributed by atoms with Gasteiger partial charge >= 0.3 is 58.4 Å². The van der Waals surface area contributed by atoms with E-state index in [0.29, 0.717) is 0 Å². The van der Waals surface area contributed by atoms with Crippen LogP contribution in [0.1, 0.15) is 20.3 Å². The average molecular weight is 255 g/mol. The standard InChI is InChI=1S/C5H8BBrF3.K/c1-4(2)3-5(4,7)6(8,9)10;/h3H2,1-2H3;/q-1;+1. The van der Waals surface area contributed by atoms with E-state index >= 15 is 0 Å². The SMILES string of the molecule is CC1(C)CC1(Br)[B-](F)(F)F.[K+]. The summed E-state index contributed by atoms with van der Waals surface area (Å²) in [5.74, 6) is 0. The molecule has 6 heteroatoms. The first-order valence-electron chi connectivity index (χ1n) is 3.09. The minimum Gasteiger partial charge on any atom is -0.448 e. The molecule has 0 heterocycles. The smallest absolute Gasteiger partial charge is 0.448 e. The molecule has 0 saturated heterocycles. The first-order chi connectivity index (χ1) is 4.21. The molecule has 1 aliphatic carbocycles. The fourth-order valence-electron chi connectivity index (χ4n) is 1.16. The second kappa shape index (κ2) is 3.28. The summed E-state index contributed by atoms with van der Waals surface area (Å²) in [4.78, 5) is 0. The van der Waals surface area contributed by atoms with Crippen molar-refractivity contribution in [3.05, 3.63) is 0 Å². The van der Waals surface area contributed by atoms with Gasteiger partial charge in [0.15, 0.2) is 0 Å². The molecular weight excluding hydrogens is 247 g/mol. The van der Waals surface area contributed by atoms with Crippen molar-refractivity contribution in [2.45, 2.75) is 24.5 Å². The van der Waals surface area contributed by atoms with Crippen LogP contribution in [0.2, 0.25) is 0 Å². The molecule has 60 valence electrons. The Morgan fingerprint density at radius 3 is 1.55 bits per heavy atom. The molecule has 1 fully saturated rings. The summed E-state index contributed by atoms with van der Waals surface area (Å²) in [7, 11) is 0. The van der Waals surface area contributed by atoms with Crippen molar-refractivity contribution in [2.24, 2.45) is 5.41 Å². The minimum absolute atomic E-state index is 0. The molecule has 1 aliphatic rings. The maximum atomic E-state index is 12.1. The molecule has 0 aromatic heterocycles. The Balaban J connectivity index is 0.000001000. The van der Waals surface area contributed by atoms with Crippen molar-refractivity contribution in [3.63, 3.8) is 0 Å². The van der Waals surface area contributed by atoms with Gasteiger partial charge in [-0.15, -0.1) is 15.9 Å². The summed E-state index contributed by atoms with van der Waals surface area (Å²) in [6.07, 6.45) is 0.212. The molecule has 1 atom stereocenters. The molecular formula is C5H8BBrF3K. The van der Waals surface area contributed by atoms with E-state index in [-0.39, 0.29) is 57.8 Å². The van der Waals surface area contributed by atoms with Gasteiger partial charge in [-0.3, -0.25) is 0 Å². The van der Waals surface area contributed by atoms with Crippen LogP contribution in [-0.2, 0) is 0 Å². The minimum atomic E-state index is -4.72. The summed E-state index contributed by atoms with van der Waals surface area (Å²) in [5, 5.41) is 0. The van der Waals surface area contributed by atoms with Crippen LogP contribution in [-0.4, -0.2) is 11.2 Å². The van der Waals surface area contributed by atoms with E-state index < -0.39 is 16.6 Å². The fraction of sp³-hybridized carbons (Fsp3) is 1.00. The predicted octanol–water partition coefficient (Wildman–Crippen LogP) is -0.0594. The van der Waals surface area contributed by atoms with Crippen LogP contribution >= 0.6 is 15.9 Å². The summed E-state index contributed by atoms with van der Waals surface area (Å²) in [6, 6.07) is 0. The normalized spacial score (nSPS) is 34.4. The van der Waals surface area contributed by atoms with Gasteiger partial charge in [-0.05, 0) is 5.41 Å². The second-order valence-electron chi connectivity index (χ2n) is 3.50. The van der Waals surface area contributed by atoms with Crippen LogP contribution in [0.15, 0.2) is 0 Å². The Morgan fingerprint density at radius 1 is 1.27 bits per heavy atom. The van der Waals surface area contributed by atoms with Crippen LogP contribution in [0.25, 0.3) is 0 Å². The van der Waals surface area contributed by atoms with Gasteiger partial charge in [-0.25, -0.2) is 0 Å². The second-order valence-corrected chi connectivity index (χ2v) is 4.91. The number of rotatable bonds is 1. The predicted molar refractivity (Wildman–Crippen MR) is 39.1 cm³/mol. The van der Waals surface area contributed by atoms with Gasteiger partial charge in [0, 0.05) is 4.22 Å². The number of halogens is 4. The maximum Gasteiger partial charge on any atom is 1.00 e. The van der Waals surface area contributed by atoms with E-state index in [9.17, 15) is 12.9 Å². The fourth-order valence-corrected chi connectivity index (χ4v) is 1.86. The third kappa shape index (κ3) is 2.07. The molecule has 1 saturated carbocycles. The Hall–Kier alpha value is 1.97. The number of alkyl halides is 1. The zero-order chi connectivity index (χ0) is 8.21. The van der Waals surface area contributed by atoms with Crippen molar-refractivity contribution < 1.29 is 64.3 Å². The van der Waals surface area contributed by atoms with Crippen molar-refractivity contribution in [3.8, 4) is 0 Å². The van der Waals surface area contributed by atoms with Crippen molar-refractivity contribution in [2.75, 3.05) is 0 Å². The Morgan fingerprint density at radius 2 is 1.55 bits per heavy atom.